The lowest BCUT2D eigenvalue weighted by Gasteiger charge is -2.08. The van der Waals surface area contributed by atoms with E-state index in [2.05, 4.69) is 21.0 Å². The fourth-order valence-electron chi connectivity index (χ4n) is 2.70. The lowest BCUT2D eigenvalue weighted by molar-refractivity contribution is 0.102. The van der Waals surface area contributed by atoms with Gasteiger partial charge >= 0.3 is 6.03 Å². The van der Waals surface area contributed by atoms with E-state index in [0.717, 1.165) is 5.56 Å². The number of hydrogen-bond donors (Lipinski definition) is 3. The van der Waals surface area contributed by atoms with Crippen LogP contribution in [0.5, 0.6) is 0 Å². The molecule has 0 radical (unpaired) electrons. The quantitative estimate of drug-likeness (QED) is 0.610. The van der Waals surface area contributed by atoms with Gasteiger partial charge in [-0.1, -0.05) is 41.9 Å². The molecule has 1 aromatic heterocycles. The van der Waals surface area contributed by atoms with Crippen LogP contribution in [-0.2, 0) is 6.54 Å². The summed E-state index contributed by atoms with van der Waals surface area (Å²) in [6.45, 7) is 2.23. The molecule has 0 saturated heterocycles. The number of carbonyl (C=O) groups is 2. The Morgan fingerprint density at radius 3 is 2.21 bits per heavy atom. The molecule has 7 nitrogen and oxygen atoms in total. The number of amides is 3. The molecule has 3 rings (SSSR count). The molecule has 144 valence electrons. The van der Waals surface area contributed by atoms with Crippen LogP contribution in [0.25, 0.3) is 0 Å². The first-order valence-corrected chi connectivity index (χ1v) is 9.02. The minimum atomic E-state index is -0.339. The molecule has 0 saturated carbocycles. The zero-order chi connectivity index (χ0) is 20.1. The van der Waals surface area contributed by atoms with Gasteiger partial charge in [0.15, 0.2) is 0 Å². The van der Waals surface area contributed by atoms with Crippen LogP contribution in [0.3, 0.4) is 0 Å². The largest absolute Gasteiger partial charge is 0.341 e. The number of benzene rings is 2. The number of nitrogens with zero attached hydrogens (tertiary/aromatic N) is 2. The fourth-order valence-corrected chi connectivity index (χ4v) is 3.02. The maximum atomic E-state index is 12.7. The monoisotopic (exact) mass is 397 g/mol. The van der Waals surface area contributed by atoms with Crippen molar-refractivity contribution in [2.24, 2.45) is 0 Å². The Kier molecular flexibility index (Phi) is 5.96. The van der Waals surface area contributed by atoms with E-state index in [0.29, 0.717) is 29.2 Å². The maximum absolute atomic E-state index is 12.7. The summed E-state index contributed by atoms with van der Waals surface area (Å²) < 4.78 is 1.61. The second-order valence-electron chi connectivity index (χ2n) is 6.13. The third-order valence-corrected chi connectivity index (χ3v) is 4.48. The van der Waals surface area contributed by atoms with Crippen LogP contribution in [0.15, 0.2) is 54.6 Å². The summed E-state index contributed by atoms with van der Waals surface area (Å²) in [5.41, 5.74) is 3.13. The highest BCUT2D eigenvalue weighted by molar-refractivity contribution is 6.33. The standard InChI is InChI=1S/C20H20ClN5O2/c1-13-17(18(21)26(25-13)12-14-6-4-3-5-7-14)19(27)23-15-8-10-16(11-9-15)24-20(28)22-2/h3-11H,12H2,1-2H3,(H,23,27)(H2,22,24,28). The first-order chi connectivity index (χ1) is 13.5. The minimum Gasteiger partial charge on any atom is -0.341 e. The molecule has 0 bridgehead atoms. The van der Waals surface area contributed by atoms with Crippen molar-refractivity contribution in [1.82, 2.24) is 15.1 Å². The smallest absolute Gasteiger partial charge is 0.318 e. The molecule has 0 aliphatic rings. The molecule has 0 aliphatic heterocycles. The molecule has 0 unspecified atom stereocenters. The van der Waals surface area contributed by atoms with Crippen LogP contribution in [0, 0.1) is 6.92 Å². The molecule has 3 N–H and O–H groups in total. The van der Waals surface area contributed by atoms with E-state index in [4.69, 9.17) is 11.6 Å². The molecule has 0 atom stereocenters. The average Bonchev–Trinajstić information content (AvgIpc) is 2.97. The summed E-state index contributed by atoms with van der Waals surface area (Å²) in [4.78, 5) is 24.0. The third-order valence-electron chi connectivity index (χ3n) is 4.10. The lowest BCUT2D eigenvalue weighted by atomic mass is 10.2. The van der Waals surface area contributed by atoms with E-state index in [1.54, 1.807) is 35.9 Å². The van der Waals surface area contributed by atoms with Gasteiger partial charge in [-0.15, -0.1) is 0 Å². The Balaban J connectivity index is 1.73. The van der Waals surface area contributed by atoms with Crippen LogP contribution in [0.2, 0.25) is 5.15 Å². The van der Waals surface area contributed by atoms with Crippen molar-refractivity contribution < 1.29 is 9.59 Å². The number of hydrogen-bond acceptors (Lipinski definition) is 3. The van der Waals surface area contributed by atoms with E-state index >= 15 is 0 Å². The molecule has 1 heterocycles. The summed E-state index contributed by atoms with van der Waals surface area (Å²) in [6.07, 6.45) is 0. The third kappa shape index (κ3) is 4.50. The van der Waals surface area contributed by atoms with Crippen molar-refractivity contribution in [3.8, 4) is 0 Å². The van der Waals surface area contributed by atoms with Crippen molar-refractivity contribution in [1.29, 1.82) is 0 Å². The van der Waals surface area contributed by atoms with Crippen molar-refractivity contribution in [2.75, 3.05) is 17.7 Å². The van der Waals surface area contributed by atoms with Gasteiger partial charge in [-0.2, -0.15) is 5.10 Å². The maximum Gasteiger partial charge on any atom is 0.318 e. The van der Waals surface area contributed by atoms with Gasteiger partial charge in [0, 0.05) is 18.4 Å². The molecule has 3 aromatic rings. The lowest BCUT2D eigenvalue weighted by Crippen LogP contribution is -2.24. The SMILES string of the molecule is CNC(=O)Nc1ccc(NC(=O)c2c(C)nn(Cc3ccccc3)c2Cl)cc1. The Morgan fingerprint density at radius 1 is 1.00 bits per heavy atom. The highest BCUT2D eigenvalue weighted by Gasteiger charge is 2.20. The van der Waals surface area contributed by atoms with Crippen molar-refractivity contribution in [3.63, 3.8) is 0 Å². The molecule has 3 amide bonds. The number of anilines is 2. The molecule has 2 aromatic carbocycles. The van der Waals surface area contributed by atoms with Crippen LogP contribution in [-0.4, -0.2) is 28.8 Å². The predicted molar refractivity (Wildman–Crippen MR) is 110 cm³/mol. The van der Waals surface area contributed by atoms with Crippen molar-refractivity contribution >= 4 is 34.9 Å². The molecular formula is C20H20ClN5O2. The number of carbonyl (C=O) groups excluding carboxylic acids is 2. The van der Waals surface area contributed by atoms with Crippen LogP contribution < -0.4 is 16.0 Å². The van der Waals surface area contributed by atoms with Crippen LogP contribution in [0.1, 0.15) is 21.6 Å². The molecule has 0 aliphatic carbocycles. The van der Waals surface area contributed by atoms with Crippen molar-refractivity contribution in [2.45, 2.75) is 13.5 Å². The van der Waals surface area contributed by atoms with Gasteiger partial charge in [-0.3, -0.25) is 4.79 Å². The number of halogens is 1. The zero-order valence-corrected chi connectivity index (χ0v) is 16.2. The summed E-state index contributed by atoms with van der Waals surface area (Å²) in [6, 6.07) is 16.2. The van der Waals surface area contributed by atoms with Gasteiger partial charge < -0.3 is 16.0 Å². The number of rotatable bonds is 5. The van der Waals surface area contributed by atoms with E-state index in [1.807, 2.05) is 30.3 Å². The molecule has 0 spiro atoms. The minimum absolute atomic E-state index is 0.289. The normalized spacial score (nSPS) is 10.4. The summed E-state index contributed by atoms with van der Waals surface area (Å²) in [7, 11) is 1.54. The number of aryl methyl sites for hydroxylation is 1. The van der Waals surface area contributed by atoms with Crippen LogP contribution >= 0.6 is 11.6 Å². The first-order valence-electron chi connectivity index (χ1n) is 8.65. The topological polar surface area (TPSA) is 88.1 Å². The van der Waals surface area contributed by atoms with Gasteiger partial charge in [0.05, 0.1) is 17.8 Å². The Bertz CT molecular complexity index is 984. The summed E-state index contributed by atoms with van der Waals surface area (Å²) in [5, 5.41) is 12.6. The van der Waals surface area contributed by atoms with Gasteiger partial charge in [-0.25, -0.2) is 9.48 Å². The highest BCUT2D eigenvalue weighted by Crippen LogP contribution is 2.23. The Labute approximate surface area is 167 Å². The Hall–Kier alpha value is -3.32. The zero-order valence-electron chi connectivity index (χ0n) is 15.5. The molecule has 8 heteroatoms. The van der Waals surface area contributed by atoms with E-state index < -0.39 is 0 Å². The number of urea groups is 1. The van der Waals surface area contributed by atoms with Gasteiger partial charge in [0.25, 0.3) is 5.91 Å². The van der Waals surface area contributed by atoms with E-state index in [1.165, 1.54) is 7.05 Å². The second kappa shape index (κ2) is 8.58. The Morgan fingerprint density at radius 2 is 1.61 bits per heavy atom. The number of nitrogens with one attached hydrogen (secondary N) is 3. The molecular weight excluding hydrogens is 378 g/mol. The first kappa shape index (κ1) is 19.4. The second-order valence-corrected chi connectivity index (χ2v) is 6.49. The number of aromatic nitrogens is 2. The van der Waals surface area contributed by atoms with Crippen LogP contribution in [0.4, 0.5) is 16.2 Å². The van der Waals surface area contributed by atoms with Gasteiger partial charge in [-0.05, 0) is 36.8 Å². The van der Waals surface area contributed by atoms with E-state index in [-0.39, 0.29) is 17.1 Å². The highest BCUT2D eigenvalue weighted by atomic mass is 35.5. The molecule has 0 fully saturated rings. The fraction of sp³-hybridized carbons (Fsp3) is 0.150. The average molecular weight is 398 g/mol. The predicted octanol–water partition coefficient (Wildman–Crippen LogP) is 3.90. The van der Waals surface area contributed by atoms with Crippen molar-refractivity contribution in [3.05, 3.63) is 76.6 Å². The molecule has 28 heavy (non-hydrogen) atoms. The van der Waals surface area contributed by atoms with Gasteiger partial charge in [0.2, 0.25) is 0 Å². The summed E-state index contributed by atoms with van der Waals surface area (Å²) >= 11 is 6.42. The van der Waals surface area contributed by atoms with E-state index in [9.17, 15) is 9.59 Å². The summed E-state index contributed by atoms with van der Waals surface area (Å²) in [5.74, 6) is -0.339. The van der Waals surface area contributed by atoms with Gasteiger partial charge in [0.1, 0.15) is 5.15 Å².